The van der Waals surface area contributed by atoms with Gasteiger partial charge in [0.2, 0.25) is 11.6 Å². The van der Waals surface area contributed by atoms with Crippen molar-refractivity contribution in [2.24, 2.45) is 5.10 Å². The molecule has 0 saturated carbocycles. The molecular weight excluding hydrogens is 276 g/mol. The van der Waals surface area contributed by atoms with E-state index in [1.165, 1.54) is 6.21 Å². The minimum atomic E-state index is -0.611. The number of hydrogen-bond acceptors (Lipinski definition) is 7. The Bertz CT molecular complexity index is 622. The van der Waals surface area contributed by atoms with Crippen LogP contribution in [0.3, 0.4) is 0 Å². The number of urea groups is 1. The Morgan fingerprint density at radius 2 is 2.19 bits per heavy atom. The number of nitrogen functional groups attached to an aromatic ring is 1. The summed E-state index contributed by atoms with van der Waals surface area (Å²) < 4.78 is 9.65. The van der Waals surface area contributed by atoms with Gasteiger partial charge in [-0.1, -0.05) is 0 Å². The number of benzene rings is 1. The lowest BCUT2D eigenvalue weighted by Crippen LogP contribution is -2.24. The molecule has 0 radical (unpaired) electrons. The van der Waals surface area contributed by atoms with Gasteiger partial charge in [-0.25, -0.2) is 14.8 Å². The molecule has 0 aliphatic rings. The molecule has 4 N–H and O–H groups in total. The summed E-state index contributed by atoms with van der Waals surface area (Å²) in [5, 5.41) is 12.8. The van der Waals surface area contributed by atoms with E-state index in [4.69, 9.17) is 10.5 Å². The minimum Gasteiger partial charge on any atom is -0.494 e. The maximum Gasteiger partial charge on any atom is 0.340 e. The van der Waals surface area contributed by atoms with Crippen LogP contribution in [-0.4, -0.2) is 29.2 Å². The van der Waals surface area contributed by atoms with Crippen LogP contribution < -0.4 is 21.2 Å². The molecule has 9 nitrogen and oxygen atoms in total. The smallest absolute Gasteiger partial charge is 0.340 e. The van der Waals surface area contributed by atoms with E-state index in [2.05, 4.69) is 30.8 Å². The predicted octanol–water partition coefficient (Wildman–Crippen LogP) is 1.21. The van der Waals surface area contributed by atoms with Crippen LogP contribution >= 0.6 is 0 Å². The SMILES string of the molecule is CCOc1ccc(/C=N/NC(=O)Nc2nonc2N)cc1. The fourth-order valence-electron chi connectivity index (χ4n) is 1.40. The standard InChI is InChI=1S/C12H14N6O3/c1-2-20-9-5-3-8(4-6-9)7-14-16-12(19)15-11-10(13)17-21-18-11/h3-7H,2H2,1H3,(H2,13,17)(H2,15,16,18,19)/b14-7+. The number of hydrogen-bond donors (Lipinski definition) is 3. The fraction of sp³-hybridized carbons (Fsp3) is 0.167. The van der Waals surface area contributed by atoms with Crippen molar-refractivity contribution in [2.45, 2.75) is 6.92 Å². The number of nitrogens with zero attached hydrogens (tertiary/aromatic N) is 3. The zero-order valence-electron chi connectivity index (χ0n) is 11.2. The molecule has 2 rings (SSSR count). The Hall–Kier alpha value is -3.10. The number of rotatable bonds is 5. The number of aromatic nitrogens is 2. The van der Waals surface area contributed by atoms with Crippen molar-refractivity contribution < 1.29 is 14.2 Å². The van der Waals surface area contributed by atoms with Gasteiger partial charge in [-0.15, -0.1) is 0 Å². The summed E-state index contributed by atoms with van der Waals surface area (Å²) in [6.45, 7) is 2.52. The number of nitrogens with two attached hydrogens (primary N) is 1. The Labute approximate surface area is 120 Å². The van der Waals surface area contributed by atoms with E-state index in [1.54, 1.807) is 0 Å². The summed E-state index contributed by atoms with van der Waals surface area (Å²) in [7, 11) is 0. The monoisotopic (exact) mass is 290 g/mol. The van der Waals surface area contributed by atoms with E-state index < -0.39 is 6.03 Å². The lowest BCUT2D eigenvalue weighted by molar-refractivity contribution is 0.252. The highest BCUT2D eigenvalue weighted by Crippen LogP contribution is 2.11. The fourth-order valence-corrected chi connectivity index (χ4v) is 1.40. The third-order valence-electron chi connectivity index (χ3n) is 2.32. The van der Waals surface area contributed by atoms with Crippen molar-refractivity contribution in [3.8, 4) is 5.75 Å². The second kappa shape index (κ2) is 6.89. The topological polar surface area (TPSA) is 128 Å². The summed E-state index contributed by atoms with van der Waals surface area (Å²) in [6.07, 6.45) is 1.49. The first-order valence-electron chi connectivity index (χ1n) is 6.10. The van der Waals surface area contributed by atoms with E-state index in [9.17, 15) is 4.79 Å². The van der Waals surface area contributed by atoms with Gasteiger partial charge in [0.25, 0.3) is 0 Å². The molecule has 21 heavy (non-hydrogen) atoms. The molecule has 9 heteroatoms. The van der Waals surface area contributed by atoms with Crippen molar-refractivity contribution in [1.82, 2.24) is 15.7 Å². The zero-order chi connectivity index (χ0) is 15.1. The molecule has 1 aromatic carbocycles. The van der Waals surface area contributed by atoms with Gasteiger partial charge in [-0.05, 0) is 47.1 Å². The molecule has 0 atom stereocenters. The Balaban J connectivity index is 1.84. The van der Waals surface area contributed by atoms with Crippen LogP contribution in [0.15, 0.2) is 34.0 Å². The van der Waals surface area contributed by atoms with Crippen LogP contribution in [0, 0.1) is 0 Å². The molecule has 1 aromatic heterocycles. The Morgan fingerprint density at radius 3 is 2.81 bits per heavy atom. The second-order valence-electron chi connectivity index (χ2n) is 3.82. The van der Waals surface area contributed by atoms with Crippen molar-refractivity contribution >= 4 is 23.9 Å². The lowest BCUT2D eigenvalue weighted by atomic mass is 10.2. The number of nitrogens with one attached hydrogen (secondary N) is 2. The molecule has 2 aromatic rings. The highest BCUT2D eigenvalue weighted by Gasteiger charge is 2.08. The van der Waals surface area contributed by atoms with Crippen molar-refractivity contribution in [3.05, 3.63) is 29.8 Å². The van der Waals surface area contributed by atoms with Gasteiger partial charge in [0.05, 0.1) is 12.8 Å². The normalized spacial score (nSPS) is 10.5. The molecule has 0 bridgehead atoms. The van der Waals surface area contributed by atoms with Gasteiger partial charge in [-0.3, -0.25) is 5.32 Å². The van der Waals surface area contributed by atoms with Gasteiger partial charge < -0.3 is 10.5 Å². The average Bonchev–Trinajstić information content (AvgIpc) is 2.86. The number of carbonyl (C=O) groups excluding carboxylic acids is 1. The molecule has 0 aliphatic heterocycles. The largest absolute Gasteiger partial charge is 0.494 e. The molecule has 0 spiro atoms. The predicted molar refractivity (Wildman–Crippen MR) is 76.1 cm³/mol. The number of ether oxygens (including phenoxy) is 1. The molecule has 0 fully saturated rings. The van der Waals surface area contributed by atoms with Crippen LogP contribution in [0.25, 0.3) is 0 Å². The first-order chi connectivity index (χ1) is 10.2. The first-order valence-corrected chi connectivity index (χ1v) is 6.10. The molecule has 0 aliphatic carbocycles. The van der Waals surface area contributed by atoms with Gasteiger partial charge in [0.15, 0.2) is 0 Å². The van der Waals surface area contributed by atoms with E-state index in [-0.39, 0.29) is 11.6 Å². The number of anilines is 2. The molecule has 0 unspecified atom stereocenters. The van der Waals surface area contributed by atoms with Gasteiger partial charge in [0, 0.05) is 0 Å². The lowest BCUT2D eigenvalue weighted by Gasteiger charge is -2.02. The van der Waals surface area contributed by atoms with Gasteiger partial charge in [-0.2, -0.15) is 5.10 Å². The average molecular weight is 290 g/mol. The molecule has 1 heterocycles. The van der Waals surface area contributed by atoms with Crippen molar-refractivity contribution in [1.29, 1.82) is 0 Å². The number of carbonyl (C=O) groups is 1. The Kier molecular flexibility index (Phi) is 4.70. The quantitative estimate of drug-likeness (QED) is 0.561. The van der Waals surface area contributed by atoms with Crippen LogP contribution in [0.2, 0.25) is 0 Å². The summed E-state index contributed by atoms with van der Waals surface area (Å²) in [6, 6.07) is 6.64. The third kappa shape index (κ3) is 4.20. The van der Waals surface area contributed by atoms with Gasteiger partial charge >= 0.3 is 6.03 Å². The maximum atomic E-state index is 11.5. The minimum absolute atomic E-state index is 0.0133. The molecular formula is C12H14N6O3. The summed E-state index contributed by atoms with van der Waals surface area (Å²) in [4.78, 5) is 11.5. The molecule has 2 amide bonds. The maximum absolute atomic E-state index is 11.5. The van der Waals surface area contributed by atoms with Crippen molar-refractivity contribution in [2.75, 3.05) is 17.7 Å². The third-order valence-corrected chi connectivity index (χ3v) is 2.32. The van der Waals surface area contributed by atoms with Crippen molar-refractivity contribution in [3.63, 3.8) is 0 Å². The van der Waals surface area contributed by atoms with Gasteiger partial charge in [0.1, 0.15) is 5.75 Å². The van der Waals surface area contributed by atoms with Crippen LogP contribution in [0.4, 0.5) is 16.4 Å². The van der Waals surface area contributed by atoms with Crippen LogP contribution in [-0.2, 0) is 0 Å². The summed E-state index contributed by atoms with van der Waals surface area (Å²) >= 11 is 0. The molecule has 110 valence electrons. The second-order valence-corrected chi connectivity index (χ2v) is 3.82. The summed E-state index contributed by atoms with van der Waals surface area (Å²) in [5.41, 5.74) is 8.45. The molecule has 0 saturated heterocycles. The van der Waals surface area contributed by atoms with E-state index >= 15 is 0 Å². The highest BCUT2D eigenvalue weighted by molar-refractivity contribution is 5.91. The first kappa shape index (κ1) is 14.3. The summed E-state index contributed by atoms with van der Waals surface area (Å²) in [5.74, 6) is 0.791. The number of hydrazone groups is 1. The van der Waals surface area contributed by atoms with Crippen LogP contribution in [0.5, 0.6) is 5.75 Å². The van der Waals surface area contributed by atoms with E-state index in [1.807, 2.05) is 31.2 Å². The van der Waals surface area contributed by atoms with E-state index in [0.29, 0.717) is 6.61 Å². The Morgan fingerprint density at radius 1 is 1.43 bits per heavy atom. The van der Waals surface area contributed by atoms with E-state index in [0.717, 1.165) is 11.3 Å². The zero-order valence-corrected chi connectivity index (χ0v) is 11.2. The number of amides is 2. The van der Waals surface area contributed by atoms with Crippen LogP contribution in [0.1, 0.15) is 12.5 Å². The highest BCUT2D eigenvalue weighted by atomic mass is 16.6.